The number of hydrogen-bond acceptors (Lipinski definition) is 6. The lowest BCUT2D eigenvalue weighted by Gasteiger charge is -2.09. The van der Waals surface area contributed by atoms with Crippen molar-refractivity contribution in [3.8, 4) is 0 Å². The van der Waals surface area contributed by atoms with E-state index in [4.69, 9.17) is 10.3 Å². The fourth-order valence-electron chi connectivity index (χ4n) is 1.65. The van der Waals surface area contributed by atoms with Crippen LogP contribution in [0.15, 0.2) is 33.9 Å². The van der Waals surface area contributed by atoms with Gasteiger partial charge in [-0.25, -0.2) is 13.1 Å². The second-order valence-electron chi connectivity index (χ2n) is 4.01. The van der Waals surface area contributed by atoms with Crippen LogP contribution in [-0.2, 0) is 16.4 Å². The molecule has 0 aliphatic heterocycles. The number of aryl methyl sites for hydroxylation is 1. The largest absolute Gasteiger partial charge is 0.399 e. The van der Waals surface area contributed by atoms with Crippen LogP contribution < -0.4 is 10.5 Å². The zero-order valence-corrected chi connectivity index (χ0v) is 11.1. The minimum absolute atomic E-state index is 0.189. The van der Waals surface area contributed by atoms with Crippen LogP contribution in [0.25, 0.3) is 0 Å². The second kappa shape index (κ2) is 5.37. The molecule has 1 aromatic heterocycles. The molecule has 102 valence electrons. The Hall–Kier alpha value is -1.93. The first-order chi connectivity index (χ1) is 8.99. The van der Waals surface area contributed by atoms with Crippen molar-refractivity contribution in [3.05, 3.63) is 36.0 Å². The van der Waals surface area contributed by atoms with Gasteiger partial charge >= 0.3 is 0 Å². The highest BCUT2D eigenvalue weighted by Gasteiger charge is 2.16. The molecule has 0 aliphatic carbocycles. The Morgan fingerprint density at radius 2 is 2.21 bits per heavy atom. The molecule has 3 N–H and O–H groups in total. The molecule has 0 saturated heterocycles. The van der Waals surface area contributed by atoms with Crippen LogP contribution in [0.2, 0.25) is 0 Å². The first-order valence-corrected chi connectivity index (χ1v) is 7.09. The number of sulfonamides is 1. The zero-order valence-electron chi connectivity index (χ0n) is 10.3. The third kappa shape index (κ3) is 3.30. The van der Waals surface area contributed by atoms with E-state index < -0.39 is 10.0 Å². The van der Waals surface area contributed by atoms with Crippen LogP contribution in [-0.4, -0.2) is 25.1 Å². The SMILES string of the molecule is Cc1cc(N)ccc1S(=O)(=O)NCCc1ncno1. The molecule has 0 radical (unpaired) electrons. The minimum Gasteiger partial charge on any atom is -0.399 e. The van der Waals surface area contributed by atoms with Crippen molar-refractivity contribution < 1.29 is 12.9 Å². The Kier molecular flexibility index (Phi) is 3.82. The lowest BCUT2D eigenvalue weighted by molar-refractivity contribution is 0.377. The Balaban J connectivity index is 2.05. The first-order valence-electron chi connectivity index (χ1n) is 5.60. The molecule has 2 rings (SSSR count). The summed E-state index contributed by atoms with van der Waals surface area (Å²) in [5.41, 5.74) is 6.72. The van der Waals surface area contributed by atoms with Crippen molar-refractivity contribution in [1.29, 1.82) is 0 Å². The van der Waals surface area contributed by atoms with Gasteiger partial charge < -0.3 is 10.3 Å². The summed E-state index contributed by atoms with van der Waals surface area (Å²) in [5.74, 6) is 0.386. The number of rotatable bonds is 5. The summed E-state index contributed by atoms with van der Waals surface area (Å²) in [4.78, 5) is 4.02. The van der Waals surface area contributed by atoms with E-state index in [-0.39, 0.29) is 11.4 Å². The summed E-state index contributed by atoms with van der Waals surface area (Å²) >= 11 is 0. The molecule has 8 heteroatoms. The van der Waals surface area contributed by atoms with Gasteiger partial charge in [0, 0.05) is 18.7 Å². The number of anilines is 1. The molecule has 0 aliphatic rings. The fourth-order valence-corrected chi connectivity index (χ4v) is 2.91. The van der Waals surface area contributed by atoms with E-state index in [2.05, 4.69) is 14.9 Å². The van der Waals surface area contributed by atoms with Gasteiger partial charge in [-0.05, 0) is 30.7 Å². The zero-order chi connectivity index (χ0) is 13.9. The highest BCUT2D eigenvalue weighted by molar-refractivity contribution is 7.89. The summed E-state index contributed by atoms with van der Waals surface area (Å²) in [6.07, 6.45) is 1.61. The second-order valence-corrected chi connectivity index (χ2v) is 5.74. The average molecular weight is 282 g/mol. The number of nitrogens with zero attached hydrogens (tertiary/aromatic N) is 2. The van der Waals surface area contributed by atoms with Crippen molar-refractivity contribution in [2.45, 2.75) is 18.2 Å². The lowest BCUT2D eigenvalue weighted by atomic mass is 10.2. The van der Waals surface area contributed by atoms with E-state index >= 15 is 0 Å². The molecule has 0 bridgehead atoms. The van der Waals surface area contributed by atoms with Gasteiger partial charge in [-0.15, -0.1) is 0 Å². The Bertz CT molecular complexity index is 653. The third-order valence-electron chi connectivity index (χ3n) is 2.53. The van der Waals surface area contributed by atoms with Crippen molar-refractivity contribution in [2.75, 3.05) is 12.3 Å². The monoisotopic (exact) mass is 282 g/mol. The molecule has 19 heavy (non-hydrogen) atoms. The first kappa shape index (κ1) is 13.5. The Morgan fingerprint density at radius 3 is 2.84 bits per heavy atom. The number of benzene rings is 1. The van der Waals surface area contributed by atoms with E-state index in [1.165, 1.54) is 12.4 Å². The molecule has 0 unspecified atom stereocenters. The summed E-state index contributed by atoms with van der Waals surface area (Å²) in [6.45, 7) is 1.89. The maximum Gasteiger partial charge on any atom is 0.240 e. The molecule has 7 nitrogen and oxygen atoms in total. The maximum atomic E-state index is 12.1. The lowest BCUT2D eigenvalue weighted by Crippen LogP contribution is -2.26. The van der Waals surface area contributed by atoms with Crippen LogP contribution in [0.4, 0.5) is 5.69 Å². The predicted octanol–water partition coefficient (Wildman–Crippen LogP) is 0.481. The molecule has 0 amide bonds. The summed E-state index contributed by atoms with van der Waals surface area (Å²) in [7, 11) is -3.56. The molecule has 2 aromatic rings. The van der Waals surface area contributed by atoms with Crippen LogP contribution in [0.3, 0.4) is 0 Å². The predicted molar refractivity (Wildman–Crippen MR) is 68.8 cm³/mol. The van der Waals surface area contributed by atoms with Crippen molar-refractivity contribution >= 4 is 15.7 Å². The van der Waals surface area contributed by atoms with Crippen LogP contribution >= 0.6 is 0 Å². The smallest absolute Gasteiger partial charge is 0.240 e. The molecule has 1 aromatic carbocycles. The number of hydrogen-bond donors (Lipinski definition) is 2. The maximum absolute atomic E-state index is 12.1. The molecular weight excluding hydrogens is 268 g/mol. The van der Waals surface area contributed by atoms with Gasteiger partial charge in [0.25, 0.3) is 0 Å². The van der Waals surface area contributed by atoms with E-state index in [1.54, 1.807) is 19.1 Å². The Morgan fingerprint density at radius 1 is 1.42 bits per heavy atom. The van der Waals surface area contributed by atoms with Crippen LogP contribution in [0.1, 0.15) is 11.5 Å². The average Bonchev–Trinajstić information content (AvgIpc) is 2.81. The highest BCUT2D eigenvalue weighted by Crippen LogP contribution is 2.17. The number of aromatic nitrogens is 2. The summed E-state index contributed by atoms with van der Waals surface area (Å²) < 4.78 is 31.4. The molecule has 0 fully saturated rings. The van der Waals surface area contributed by atoms with Crippen molar-refractivity contribution in [2.24, 2.45) is 0 Å². The van der Waals surface area contributed by atoms with E-state index in [1.807, 2.05) is 0 Å². The molecule has 0 saturated carbocycles. The van der Waals surface area contributed by atoms with Crippen LogP contribution in [0.5, 0.6) is 0 Å². The normalized spacial score (nSPS) is 11.6. The standard InChI is InChI=1S/C11H14N4O3S/c1-8-6-9(12)2-3-10(8)19(16,17)15-5-4-11-13-7-14-18-11/h2-3,6-7,15H,4-5,12H2,1H3. The highest BCUT2D eigenvalue weighted by atomic mass is 32.2. The van der Waals surface area contributed by atoms with E-state index in [0.717, 1.165) is 0 Å². The molecule has 0 atom stereocenters. The topological polar surface area (TPSA) is 111 Å². The summed E-state index contributed by atoms with van der Waals surface area (Å²) in [5, 5.41) is 3.44. The van der Waals surface area contributed by atoms with Gasteiger partial charge in [0.15, 0.2) is 6.33 Å². The van der Waals surface area contributed by atoms with Crippen LogP contribution in [0, 0.1) is 6.92 Å². The van der Waals surface area contributed by atoms with Gasteiger partial charge in [0.1, 0.15) is 0 Å². The molecule has 0 spiro atoms. The van der Waals surface area contributed by atoms with Crippen molar-refractivity contribution in [1.82, 2.24) is 14.9 Å². The number of nitrogens with two attached hydrogens (primary N) is 1. The van der Waals surface area contributed by atoms with Gasteiger partial charge in [0.2, 0.25) is 15.9 Å². The number of nitrogens with one attached hydrogen (secondary N) is 1. The van der Waals surface area contributed by atoms with Gasteiger partial charge in [-0.3, -0.25) is 0 Å². The van der Waals surface area contributed by atoms with Gasteiger partial charge in [0.05, 0.1) is 4.90 Å². The Labute approximate surface area is 110 Å². The minimum atomic E-state index is -3.56. The molecule has 1 heterocycles. The quantitative estimate of drug-likeness (QED) is 0.772. The fraction of sp³-hybridized carbons (Fsp3) is 0.273. The van der Waals surface area contributed by atoms with Gasteiger partial charge in [-0.2, -0.15) is 4.98 Å². The molecular formula is C11H14N4O3S. The van der Waals surface area contributed by atoms with Gasteiger partial charge in [-0.1, -0.05) is 5.16 Å². The van der Waals surface area contributed by atoms with Crippen molar-refractivity contribution in [3.63, 3.8) is 0 Å². The third-order valence-corrected chi connectivity index (χ3v) is 4.15. The van der Waals surface area contributed by atoms with E-state index in [9.17, 15) is 8.42 Å². The summed E-state index contributed by atoms with van der Waals surface area (Å²) in [6, 6.07) is 4.66. The van der Waals surface area contributed by atoms with E-state index in [0.29, 0.717) is 23.6 Å². The number of nitrogen functional groups attached to an aromatic ring is 1.